The van der Waals surface area contributed by atoms with Gasteiger partial charge in [0, 0.05) is 6.04 Å². The van der Waals surface area contributed by atoms with Crippen molar-refractivity contribution in [2.75, 3.05) is 7.05 Å². The molecule has 0 amide bonds. The summed E-state index contributed by atoms with van der Waals surface area (Å²) in [4.78, 5) is 0. The van der Waals surface area contributed by atoms with Crippen LogP contribution in [0.5, 0.6) is 0 Å². The van der Waals surface area contributed by atoms with Crippen LogP contribution in [0.25, 0.3) is 0 Å². The van der Waals surface area contributed by atoms with Gasteiger partial charge in [0.25, 0.3) is 0 Å². The topological polar surface area (TPSA) is 12.0 Å². The highest BCUT2D eigenvalue weighted by Crippen LogP contribution is 2.17. The molecule has 0 aliphatic heterocycles. The van der Waals surface area contributed by atoms with Crippen molar-refractivity contribution in [3.05, 3.63) is 35.6 Å². The fraction of sp³-hybridized carbons (Fsp3) is 0.571. The van der Waals surface area contributed by atoms with Gasteiger partial charge in [0.05, 0.1) is 0 Å². The van der Waals surface area contributed by atoms with Crippen LogP contribution in [0.2, 0.25) is 0 Å². The van der Waals surface area contributed by atoms with Gasteiger partial charge in [-0.05, 0) is 37.4 Å². The van der Waals surface area contributed by atoms with E-state index in [1.165, 1.54) is 6.07 Å². The molecule has 0 saturated heterocycles. The van der Waals surface area contributed by atoms with Crippen LogP contribution in [-0.2, 0) is 6.42 Å². The molecule has 16 heavy (non-hydrogen) atoms. The van der Waals surface area contributed by atoms with E-state index in [0.717, 1.165) is 24.8 Å². The summed E-state index contributed by atoms with van der Waals surface area (Å²) in [5, 5.41) is 3.32. The van der Waals surface area contributed by atoms with Crippen LogP contribution < -0.4 is 5.32 Å². The van der Waals surface area contributed by atoms with E-state index in [9.17, 15) is 4.39 Å². The fourth-order valence-corrected chi connectivity index (χ4v) is 2.18. The zero-order chi connectivity index (χ0) is 12.0. The summed E-state index contributed by atoms with van der Waals surface area (Å²) in [6.45, 7) is 4.36. The van der Waals surface area contributed by atoms with Gasteiger partial charge in [0.1, 0.15) is 5.82 Å². The Morgan fingerprint density at radius 1 is 1.31 bits per heavy atom. The van der Waals surface area contributed by atoms with Gasteiger partial charge in [-0.15, -0.1) is 0 Å². The molecule has 0 aliphatic carbocycles. The van der Waals surface area contributed by atoms with Gasteiger partial charge < -0.3 is 5.32 Å². The Labute approximate surface area is 98.1 Å². The second kappa shape index (κ2) is 6.64. The molecule has 2 atom stereocenters. The average Bonchev–Trinajstić information content (AvgIpc) is 2.29. The van der Waals surface area contributed by atoms with Crippen molar-refractivity contribution in [2.45, 2.75) is 39.2 Å². The monoisotopic (exact) mass is 223 g/mol. The molecule has 0 aliphatic rings. The average molecular weight is 223 g/mol. The summed E-state index contributed by atoms with van der Waals surface area (Å²) in [5.74, 6) is 0.377. The highest BCUT2D eigenvalue weighted by molar-refractivity contribution is 5.18. The molecule has 1 aromatic carbocycles. The highest BCUT2D eigenvalue weighted by Gasteiger charge is 2.16. The van der Waals surface area contributed by atoms with Crippen molar-refractivity contribution in [1.82, 2.24) is 5.32 Å². The van der Waals surface area contributed by atoms with Gasteiger partial charge in [-0.3, -0.25) is 0 Å². The summed E-state index contributed by atoms with van der Waals surface area (Å²) >= 11 is 0. The number of nitrogens with one attached hydrogen (secondary N) is 1. The molecule has 0 aromatic heterocycles. The van der Waals surface area contributed by atoms with E-state index in [-0.39, 0.29) is 5.82 Å². The minimum absolute atomic E-state index is 0.0827. The Kier molecular flexibility index (Phi) is 5.47. The van der Waals surface area contributed by atoms with Crippen LogP contribution in [0, 0.1) is 11.7 Å². The van der Waals surface area contributed by atoms with Crippen molar-refractivity contribution >= 4 is 0 Å². The number of benzene rings is 1. The van der Waals surface area contributed by atoms with Crippen molar-refractivity contribution in [1.29, 1.82) is 0 Å². The maximum Gasteiger partial charge on any atom is 0.126 e. The molecule has 0 fully saturated rings. The molecular weight excluding hydrogens is 201 g/mol. The number of halogens is 1. The molecule has 0 radical (unpaired) electrons. The van der Waals surface area contributed by atoms with Crippen molar-refractivity contribution in [3.63, 3.8) is 0 Å². The highest BCUT2D eigenvalue weighted by atomic mass is 19.1. The standard InChI is InChI=1S/C14H22FN/c1-4-7-14(16-3)11(2)10-12-8-5-6-9-13(12)15/h5-6,8-9,11,14,16H,4,7,10H2,1-3H3. The van der Waals surface area contributed by atoms with Gasteiger partial charge in [0.2, 0.25) is 0 Å². The first-order chi connectivity index (χ1) is 7.69. The second-order valence-corrected chi connectivity index (χ2v) is 4.46. The third-order valence-corrected chi connectivity index (χ3v) is 3.16. The summed E-state index contributed by atoms with van der Waals surface area (Å²) in [7, 11) is 1.98. The Hall–Kier alpha value is -0.890. The Morgan fingerprint density at radius 3 is 2.56 bits per heavy atom. The Morgan fingerprint density at radius 2 is 2.00 bits per heavy atom. The van der Waals surface area contributed by atoms with Crippen LogP contribution in [0.15, 0.2) is 24.3 Å². The first kappa shape index (κ1) is 13.2. The van der Waals surface area contributed by atoms with Crippen molar-refractivity contribution in [3.8, 4) is 0 Å². The van der Waals surface area contributed by atoms with E-state index in [1.54, 1.807) is 6.07 Å². The molecule has 1 rings (SSSR count). The summed E-state index contributed by atoms with van der Waals surface area (Å²) < 4.78 is 13.5. The largest absolute Gasteiger partial charge is 0.317 e. The molecule has 2 unspecified atom stereocenters. The number of hydrogen-bond donors (Lipinski definition) is 1. The van der Waals surface area contributed by atoms with E-state index < -0.39 is 0 Å². The lowest BCUT2D eigenvalue weighted by atomic mass is 9.91. The Balaban J connectivity index is 2.62. The van der Waals surface area contributed by atoms with Gasteiger partial charge in [-0.25, -0.2) is 4.39 Å². The maximum atomic E-state index is 13.5. The Bertz CT molecular complexity index is 311. The predicted octanol–water partition coefficient (Wildman–Crippen LogP) is 3.39. The molecule has 1 N–H and O–H groups in total. The molecule has 1 nitrogen and oxygen atoms in total. The zero-order valence-corrected chi connectivity index (χ0v) is 10.5. The molecule has 0 spiro atoms. The van der Waals surface area contributed by atoms with E-state index in [0.29, 0.717) is 12.0 Å². The SMILES string of the molecule is CCCC(NC)C(C)Cc1ccccc1F. The van der Waals surface area contributed by atoms with Crippen LogP contribution in [0.3, 0.4) is 0 Å². The molecule has 1 aromatic rings. The van der Waals surface area contributed by atoms with Crippen molar-refractivity contribution in [2.24, 2.45) is 5.92 Å². The number of rotatable bonds is 6. The lowest BCUT2D eigenvalue weighted by Crippen LogP contribution is -2.33. The van der Waals surface area contributed by atoms with E-state index in [2.05, 4.69) is 19.2 Å². The quantitative estimate of drug-likeness (QED) is 0.779. The molecule has 0 heterocycles. The third-order valence-electron chi connectivity index (χ3n) is 3.16. The molecule has 0 bridgehead atoms. The minimum atomic E-state index is -0.0827. The van der Waals surface area contributed by atoms with Gasteiger partial charge >= 0.3 is 0 Å². The van der Waals surface area contributed by atoms with Crippen molar-refractivity contribution < 1.29 is 4.39 Å². The zero-order valence-electron chi connectivity index (χ0n) is 10.5. The first-order valence-electron chi connectivity index (χ1n) is 6.09. The predicted molar refractivity (Wildman–Crippen MR) is 67.0 cm³/mol. The summed E-state index contributed by atoms with van der Waals surface area (Å²) in [5.41, 5.74) is 0.825. The minimum Gasteiger partial charge on any atom is -0.317 e. The third kappa shape index (κ3) is 3.60. The summed E-state index contributed by atoms with van der Waals surface area (Å²) in [6.07, 6.45) is 3.11. The van der Waals surface area contributed by atoms with Crippen LogP contribution in [0.4, 0.5) is 4.39 Å². The fourth-order valence-electron chi connectivity index (χ4n) is 2.18. The maximum absolute atomic E-state index is 13.5. The summed E-state index contributed by atoms with van der Waals surface area (Å²) in [6, 6.07) is 7.54. The normalized spacial score (nSPS) is 14.8. The molecule has 2 heteroatoms. The van der Waals surface area contributed by atoms with Gasteiger partial charge in [0.15, 0.2) is 0 Å². The van der Waals surface area contributed by atoms with Crippen LogP contribution in [-0.4, -0.2) is 13.1 Å². The first-order valence-corrected chi connectivity index (χ1v) is 6.09. The smallest absolute Gasteiger partial charge is 0.126 e. The lowest BCUT2D eigenvalue weighted by Gasteiger charge is -2.23. The number of hydrogen-bond acceptors (Lipinski definition) is 1. The van der Waals surface area contributed by atoms with E-state index >= 15 is 0 Å². The van der Waals surface area contributed by atoms with Gasteiger partial charge in [-0.2, -0.15) is 0 Å². The second-order valence-electron chi connectivity index (χ2n) is 4.46. The lowest BCUT2D eigenvalue weighted by molar-refractivity contribution is 0.369. The van der Waals surface area contributed by atoms with Crippen LogP contribution >= 0.6 is 0 Å². The van der Waals surface area contributed by atoms with Crippen LogP contribution in [0.1, 0.15) is 32.3 Å². The van der Waals surface area contributed by atoms with E-state index in [4.69, 9.17) is 0 Å². The van der Waals surface area contributed by atoms with E-state index in [1.807, 2.05) is 19.2 Å². The molecular formula is C14H22FN. The molecule has 0 saturated carbocycles. The van der Waals surface area contributed by atoms with Gasteiger partial charge in [-0.1, -0.05) is 38.5 Å². The molecule has 90 valence electrons.